The van der Waals surface area contributed by atoms with E-state index in [9.17, 15) is 5.11 Å². The fourth-order valence-electron chi connectivity index (χ4n) is 2.42. The molecule has 0 amide bonds. The van der Waals surface area contributed by atoms with Crippen LogP contribution in [0.25, 0.3) is 0 Å². The molecule has 6 heteroatoms. The Morgan fingerprint density at radius 2 is 2.21 bits per heavy atom. The molecule has 0 atom stereocenters. The van der Waals surface area contributed by atoms with Crippen molar-refractivity contribution >= 4 is 5.84 Å². The highest BCUT2D eigenvalue weighted by atomic mass is 16.4. The van der Waals surface area contributed by atoms with Crippen molar-refractivity contribution in [2.75, 3.05) is 6.54 Å². The Labute approximate surface area is 112 Å². The summed E-state index contributed by atoms with van der Waals surface area (Å²) in [7, 11) is 0. The smallest absolute Gasteiger partial charge is 0.188 e. The molecule has 1 aromatic heterocycles. The number of hydrogen-bond donors (Lipinski definition) is 4. The Morgan fingerprint density at radius 3 is 2.89 bits per heavy atom. The molecule has 0 aliphatic heterocycles. The van der Waals surface area contributed by atoms with E-state index in [0.717, 1.165) is 31.2 Å². The second-order valence-corrected chi connectivity index (χ2v) is 5.07. The molecule has 1 aliphatic rings. The van der Waals surface area contributed by atoms with E-state index in [2.05, 4.69) is 15.5 Å². The van der Waals surface area contributed by atoms with Gasteiger partial charge in [-0.1, -0.05) is 18.0 Å². The first-order valence-corrected chi connectivity index (χ1v) is 6.49. The lowest BCUT2D eigenvalue weighted by Crippen LogP contribution is -2.37. The van der Waals surface area contributed by atoms with Crippen molar-refractivity contribution < 1.29 is 10.3 Å². The lowest BCUT2D eigenvalue weighted by Gasteiger charge is -2.22. The number of rotatable bonds is 5. The molecule has 0 spiro atoms. The van der Waals surface area contributed by atoms with E-state index in [4.69, 9.17) is 10.9 Å². The van der Waals surface area contributed by atoms with Crippen LogP contribution in [0.1, 0.15) is 36.9 Å². The van der Waals surface area contributed by atoms with Crippen LogP contribution in [0.4, 0.5) is 0 Å². The number of hydrogen-bond acceptors (Lipinski definition) is 5. The van der Waals surface area contributed by atoms with Gasteiger partial charge in [0.25, 0.3) is 0 Å². The molecule has 0 radical (unpaired) electrons. The maximum atomic E-state index is 10.2. The first-order valence-electron chi connectivity index (χ1n) is 6.49. The van der Waals surface area contributed by atoms with Gasteiger partial charge in [-0.25, -0.2) is 0 Å². The third kappa shape index (κ3) is 3.65. The van der Waals surface area contributed by atoms with E-state index in [1.807, 2.05) is 6.07 Å². The molecule has 0 unspecified atom stereocenters. The van der Waals surface area contributed by atoms with Crippen LogP contribution < -0.4 is 11.1 Å². The largest absolute Gasteiger partial charge is 0.409 e. The third-order valence-corrected chi connectivity index (χ3v) is 3.51. The van der Waals surface area contributed by atoms with Crippen LogP contribution in [0.3, 0.4) is 0 Å². The molecule has 0 bridgehead atoms. The zero-order chi connectivity index (χ0) is 13.7. The van der Waals surface area contributed by atoms with Crippen molar-refractivity contribution in [2.45, 2.75) is 37.8 Å². The summed E-state index contributed by atoms with van der Waals surface area (Å²) in [4.78, 5) is 4.02. The van der Waals surface area contributed by atoms with E-state index in [0.29, 0.717) is 18.8 Å². The molecule has 5 N–H and O–H groups in total. The molecule has 6 nitrogen and oxygen atoms in total. The zero-order valence-electron chi connectivity index (χ0n) is 10.8. The number of pyridine rings is 1. The average Bonchev–Trinajstić information content (AvgIpc) is 2.85. The van der Waals surface area contributed by atoms with E-state index >= 15 is 0 Å². The molecule has 2 rings (SSSR count). The van der Waals surface area contributed by atoms with Crippen LogP contribution in [0, 0.1) is 0 Å². The first kappa shape index (κ1) is 13.8. The monoisotopic (exact) mass is 264 g/mol. The van der Waals surface area contributed by atoms with Crippen LogP contribution >= 0.6 is 0 Å². The highest BCUT2D eigenvalue weighted by molar-refractivity contribution is 5.95. The van der Waals surface area contributed by atoms with Crippen LogP contribution in [-0.4, -0.2) is 33.3 Å². The van der Waals surface area contributed by atoms with Crippen LogP contribution in [0.2, 0.25) is 0 Å². The lowest BCUT2D eigenvalue weighted by molar-refractivity contribution is 0.0475. The number of nitrogens with one attached hydrogen (secondary N) is 1. The van der Waals surface area contributed by atoms with Gasteiger partial charge in [0.1, 0.15) is 5.69 Å². The van der Waals surface area contributed by atoms with Gasteiger partial charge < -0.3 is 21.4 Å². The summed E-state index contributed by atoms with van der Waals surface area (Å²) < 4.78 is 0. The number of nitrogens with two attached hydrogens (primary N) is 1. The van der Waals surface area contributed by atoms with E-state index in [1.54, 1.807) is 12.3 Å². The summed E-state index contributed by atoms with van der Waals surface area (Å²) in [5, 5.41) is 25.0. The number of aromatic nitrogens is 1. The standard InChI is InChI=1S/C13H20N4O2/c14-12(17-19)11-7-10(3-6-16-11)8-15-9-13(18)4-1-2-5-13/h3,6-7,15,18-19H,1-2,4-5,8-9H2,(H2,14,17). The van der Waals surface area contributed by atoms with Crippen LogP contribution in [-0.2, 0) is 6.54 Å². The van der Waals surface area contributed by atoms with Gasteiger partial charge in [-0.05, 0) is 30.5 Å². The minimum absolute atomic E-state index is 0.00345. The predicted octanol–water partition coefficient (Wildman–Crippen LogP) is 0.571. The normalized spacial score (nSPS) is 18.7. The minimum Gasteiger partial charge on any atom is -0.409 e. The predicted molar refractivity (Wildman–Crippen MR) is 71.9 cm³/mol. The number of amidine groups is 1. The molecule has 19 heavy (non-hydrogen) atoms. The minimum atomic E-state index is -0.554. The number of aliphatic hydroxyl groups is 1. The Hall–Kier alpha value is -1.66. The second-order valence-electron chi connectivity index (χ2n) is 5.07. The molecular weight excluding hydrogens is 244 g/mol. The molecule has 1 saturated carbocycles. The lowest BCUT2D eigenvalue weighted by atomic mass is 10.0. The van der Waals surface area contributed by atoms with Gasteiger partial charge in [0.05, 0.1) is 5.60 Å². The SMILES string of the molecule is NC(=NO)c1cc(CNCC2(O)CCCC2)ccn1. The van der Waals surface area contributed by atoms with Gasteiger partial charge in [0, 0.05) is 19.3 Å². The van der Waals surface area contributed by atoms with Crippen LogP contribution in [0.15, 0.2) is 23.5 Å². The molecule has 0 aromatic carbocycles. The maximum absolute atomic E-state index is 10.2. The van der Waals surface area contributed by atoms with Crippen molar-refractivity contribution in [3.8, 4) is 0 Å². The molecule has 1 aromatic rings. The van der Waals surface area contributed by atoms with Gasteiger partial charge in [0.2, 0.25) is 0 Å². The highest BCUT2D eigenvalue weighted by Gasteiger charge is 2.30. The Balaban J connectivity index is 1.89. The summed E-state index contributed by atoms with van der Waals surface area (Å²) in [5.41, 5.74) is 6.37. The summed E-state index contributed by atoms with van der Waals surface area (Å²) in [5.74, 6) is -0.00345. The summed E-state index contributed by atoms with van der Waals surface area (Å²) in [6.07, 6.45) is 5.55. The Morgan fingerprint density at radius 1 is 1.47 bits per heavy atom. The summed E-state index contributed by atoms with van der Waals surface area (Å²) in [6, 6.07) is 3.63. The molecule has 104 valence electrons. The van der Waals surface area contributed by atoms with Crippen molar-refractivity contribution in [2.24, 2.45) is 10.9 Å². The van der Waals surface area contributed by atoms with Gasteiger partial charge in [-0.15, -0.1) is 0 Å². The molecule has 1 heterocycles. The van der Waals surface area contributed by atoms with Gasteiger partial charge in [-0.2, -0.15) is 0 Å². The topological polar surface area (TPSA) is 104 Å². The van der Waals surface area contributed by atoms with Crippen molar-refractivity contribution in [1.29, 1.82) is 0 Å². The van der Waals surface area contributed by atoms with E-state index < -0.39 is 5.60 Å². The van der Waals surface area contributed by atoms with Gasteiger partial charge >= 0.3 is 0 Å². The molecule has 0 saturated heterocycles. The second kappa shape index (κ2) is 5.99. The third-order valence-electron chi connectivity index (χ3n) is 3.51. The maximum Gasteiger partial charge on any atom is 0.188 e. The molecular formula is C13H20N4O2. The fourth-order valence-corrected chi connectivity index (χ4v) is 2.42. The van der Waals surface area contributed by atoms with E-state index in [1.165, 1.54) is 0 Å². The van der Waals surface area contributed by atoms with E-state index in [-0.39, 0.29) is 5.84 Å². The van der Waals surface area contributed by atoms with Crippen LogP contribution in [0.5, 0.6) is 0 Å². The number of oxime groups is 1. The van der Waals surface area contributed by atoms with Crippen molar-refractivity contribution in [1.82, 2.24) is 10.3 Å². The Kier molecular flexibility index (Phi) is 4.34. The number of nitrogens with zero attached hydrogens (tertiary/aromatic N) is 2. The summed E-state index contributed by atoms with van der Waals surface area (Å²) >= 11 is 0. The Bertz CT molecular complexity index is 456. The average molecular weight is 264 g/mol. The van der Waals surface area contributed by atoms with Gasteiger partial charge in [0.15, 0.2) is 5.84 Å². The fraction of sp³-hybridized carbons (Fsp3) is 0.538. The molecule has 1 aliphatic carbocycles. The van der Waals surface area contributed by atoms with Gasteiger partial charge in [-0.3, -0.25) is 4.98 Å². The van der Waals surface area contributed by atoms with Crippen molar-refractivity contribution in [3.05, 3.63) is 29.6 Å². The zero-order valence-corrected chi connectivity index (χ0v) is 10.8. The highest BCUT2D eigenvalue weighted by Crippen LogP contribution is 2.28. The first-order chi connectivity index (χ1) is 9.13. The molecule has 1 fully saturated rings. The van der Waals surface area contributed by atoms with Crippen molar-refractivity contribution in [3.63, 3.8) is 0 Å². The summed E-state index contributed by atoms with van der Waals surface area (Å²) in [6.45, 7) is 1.21. The quantitative estimate of drug-likeness (QED) is 0.269.